The van der Waals surface area contributed by atoms with Crippen LogP contribution in [0.2, 0.25) is 6.04 Å². The Morgan fingerprint density at radius 3 is 2.20 bits per heavy atom. The maximum Gasteiger partial charge on any atom is 0.231 e. The highest BCUT2D eigenvalue weighted by molar-refractivity contribution is 6.36. The molecule has 0 unspecified atom stereocenters. The third kappa shape index (κ3) is 26.0. The number of hydrogen-bond acceptors (Lipinski definition) is 2. The standard InChI is InChI=1S/C4H10F2Si.CHNO/c1-2-3-7-4(5)6;2-1-3/h4H,2-3,7H2,1H3;2H. The summed E-state index contributed by atoms with van der Waals surface area (Å²) in [4.78, 5) is 8.35. The lowest BCUT2D eigenvalue weighted by Gasteiger charge is -1.90. The van der Waals surface area contributed by atoms with Gasteiger partial charge in [-0.05, 0) is 0 Å². The second-order valence-electron chi connectivity index (χ2n) is 1.64. The van der Waals surface area contributed by atoms with Gasteiger partial charge in [0.05, 0.1) is 0 Å². The van der Waals surface area contributed by atoms with Crippen molar-refractivity contribution in [1.82, 2.24) is 0 Å². The van der Waals surface area contributed by atoms with E-state index in [0.717, 1.165) is 18.5 Å². The summed E-state index contributed by atoms with van der Waals surface area (Å²) in [6.07, 6.45) is 1.68. The molecule has 0 fully saturated rings. The highest BCUT2D eigenvalue weighted by Gasteiger charge is 1.99. The van der Waals surface area contributed by atoms with Crippen molar-refractivity contribution in [3.63, 3.8) is 0 Å². The third-order valence-electron chi connectivity index (χ3n) is 0.776. The number of isocyanates is 1. The van der Waals surface area contributed by atoms with Gasteiger partial charge >= 0.3 is 0 Å². The summed E-state index contributed by atoms with van der Waals surface area (Å²) in [5, 5.41) is 5.40. The minimum Gasteiger partial charge on any atom is -0.222 e. The number of halogens is 2. The average Bonchev–Trinajstić information content (AvgIpc) is 1.85. The van der Waals surface area contributed by atoms with Gasteiger partial charge in [-0.1, -0.05) is 19.4 Å². The highest BCUT2D eigenvalue weighted by atomic mass is 28.2. The van der Waals surface area contributed by atoms with Gasteiger partial charge in [0.1, 0.15) is 9.52 Å². The first-order chi connectivity index (χ1) is 4.68. The molecule has 60 valence electrons. The lowest BCUT2D eigenvalue weighted by molar-refractivity contribution is 0.237. The van der Waals surface area contributed by atoms with Crippen LogP contribution in [0.25, 0.3) is 0 Å². The van der Waals surface area contributed by atoms with Crippen LogP contribution in [0.4, 0.5) is 8.78 Å². The first-order valence-corrected chi connectivity index (χ1v) is 4.82. The van der Waals surface area contributed by atoms with Crippen LogP contribution in [0.1, 0.15) is 13.3 Å². The van der Waals surface area contributed by atoms with Crippen molar-refractivity contribution in [3.8, 4) is 0 Å². The lowest BCUT2D eigenvalue weighted by atomic mass is 10.6. The van der Waals surface area contributed by atoms with E-state index in [1.54, 1.807) is 0 Å². The van der Waals surface area contributed by atoms with Crippen molar-refractivity contribution >= 4 is 15.6 Å². The van der Waals surface area contributed by atoms with E-state index in [4.69, 9.17) is 10.2 Å². The summed E-state index contributed by atoms with van der Waals surface area (Å²) in [5.74, 6) is 0. The van der Waals surface area contributed by atoms with Crippen LogP contribution < -0.4 is 0 Å². The van der Waals surface area contributed by atoms with E-state index in [2.05, 4.69) is 0 Å². The Balaban J connectivity index is 0. The number of nitrogens with one attached hydrogen (secondary N) is 1. The quantitative estimate of drug-likeness (QED) is 0.382. The minimum atomic E-state index is -1.96. The Morgan fingerprint density at radius 2 is 2.10 bits per heavy atom. The van der Waals surface area contributed by atoms with Crippen molar-refractivity contribution in [3.05, 3.63) is 0 Å². The molecule has 10 heavy (non-hydrogen) atoms. The van der Waals surface area contributed by atoms with E-state index in [1.807, 2.05) is 6.92 Å². The van der Waals surface area contributed by atoms with E-state index in [-0.39, 0.29) is 0 Å². The van der Waals surface area contributed by atoms with Crippen molar-refractivity contribution in [2.75, 3.05) is 0 Å². The molecule has 0 rings (SSSR count). The average molecular weight is 167 g/mol. The summed E-state index contributed by atoms with van der Waals surface area (Å²) in [6.45, 7) is 1.94. The second-order valence-corrected chi connectivity index (χ2v) is 3.54. The Bertz CT molecular complexity index is 93.6. The highest BCUT2D eigenvalue weighted by Crippen LogP contribution is 1.94. The van der Waals surface area contributed by atoms with Crippen LogP contribution in [-0.4, -0.2) is 21.6 Å². The number of carbonyl (C=O) groups excluding carboxylic acids is 1. The maximum atomic E-state index is 11.3. The Morgan fingerprint density at radius 1 is 1.70 bits per heavy atom. The summed E-state index contributed by atoms with van der Waals surface area (Å²) >= 11 is 0. The van der Waals surface area contributed by atoms with E-state index < -0.39 is 15.6 Å². The fourth-order valence-electron chi connectivity index (χ4n) is 0.358. The van der Waals surface area contributed by atoms with Gasteiger partial charge in [0.2, 0.25) is 12.1 Å². The molecule has 0 saturated heterocycles. The van der Waals surface area contributed by atoms with Gasteiger partial charge in [-0.15, -0.1) is 0 Å². The molecule has 2 nitrogen and oxygen atoms in total. The molecule has 0 saturated carbocycles. The molecule has 0 amide bonds. The normalized spacial score (nSPS) is 9.20. The Labute approximate surface area is 61.0 Å². The molecule has 0 atom stereocenters. The molecule has 0 aromatic heterocycles. The fraction of sp³-hybridized carbons (Fsp3) is 0.800. The van der Waals surface area contributed by atoms with E-state index in [9.17, 15) is 8.78 Å². The first-order valence-electron chi connectivity index (χ1n) is 3.01. The second kappa shape index (κ2) is 11.3. The number of alkyl halides is 2. The van der Waals surface area contributed by atoms with E-state index in [1.165, 1.54) is 0 Å². The summed E-state index contributed by atoms with van der Waals surface area (Å²) in [7, 11) is -0.987. The molecular weight excluding hydrogens is 156 g/mol. The SMILES string of the molecule is CCC[SiH2]C(F)F.N=C=O. The van der Waals surface area contributed by atoms with Gasteiger partial charge < -0.3 is 0 Å². The van der Waals surface area contributed by atoms with Gasteiger partial charge in [-0.3, -0.25) is 0 Å². The smallest absolute Gasteiger partial charge is 0.222 e. The maximum absolute atomic E-state index is 11.3. The van der Waals surface area contributed by atoms with Crippen molar-refractivity contribution in [2.45, 2.75) is 25.4 Å². The van der Waals surface area contributed by atoms with Gasteiger partial charge in [0.25, 0.3) is 0 Å². The van der Waals surface area contributed by atoms with Crippen LogP contribution in [0.15, 0.2) is 0 Å². The molecule has 1 N–H and O–H groups in total. The van der Waals surface area contributed by atoms with Gasteiger partial charge in [0.15, 0.2) is 0 Å². The van der Waals surface area contributed by atoms with Gasteiger partial charge in [-0.2, -0.15) is 0 Å². The number of rotatable bonds is 3. The molecule has 0 heterocycles. The lowest BCUT2D eigenvalue weighted by Crippen LogP contribution is -2.01. The van der Waals surface area contributed by atoms with Crippen LogP contribution in [-0.2, 0) is 4.79 Å². The monoisotopic (exact) mass is 167 g/mol. The predicted octanol–water partition coefficient (Wildman–Crippen LogP) is 1.11. The largest absolute Gasteiger partial charge is 0.231 e. The van der Waals surface area contributed by atoms with E-state index in [0.29, 0.717) is 0 Å². The molecule has 0 spiro atoms. The van der Waals surface area contributed by atoms with Gasteiger partial charge in [-0.25, -0.2) is 19.0 Å². The summed E-state index contributed by atoms with van der Waals surface area (Å²) in [6, 6.07) is -1.17. The molecule has 5 heteroatoms. The van der Waals surface area contributed by atoms with Crippen LogP contribution in [0.5, 0.6) is 0 Å². The fourth-order valence-corrected chi connectivity index (χ4v) is 1.08. The van der Waals surface area contributed by atoms with Crippen molar-refractivity contribution < 1.29 is 13.6 Å². The Hall–Kier alpha value is -0.543. The van der Waals surface area contributed by atoms with Crippen molar-refractivity contribution in [2.24, 2.45) is 0 Å². The predicted molar refractivity (Wildman–Crippen MR) is 38.1 cm³/mol. The van der Waals surface area contributed by atoms with E-state index >= 15 is 0 Å². The van der Waals surface area contributed by atoms with Gasteiger partial charge in [0, 0.05) is 0 Å². The van der Waals surface area contributed by atoms with Crippen LogP contribution in [0, 0.1) is 5.41 Å². The molecule has 0 aliphatic heterocycles. The van der Waals surface area contributed by atoms with Crippen molar-refractivity contribution in [1.29, 1.82) is 5.41 Å². The zero-order valence-corrected chi connectivity index (χ0v) is 7.28. The zero-order valence-electron chi connectivity index (χ0n) is 5.86. The minimum absolute atomic E-state index is 0.750. The first kappa shape index (κ1) is 12.2. The molecule has 0 aromatic carbocycles. The molecule has 0 aliphatic carbocycles. The summed E-state index contributed by atoms with van der Waals surface area (Å²) in [5.41, 5.74) is 0. The number of hydrogen-bond donors (Lipinski definition) is 1. The van der Waals surface area contributed by atoms with Crippen LogP contribution >= 0.6 is 0 Å². The topological polar surface area (TPSA) is 40.9 Å². The molecule has 0 aromatic rings. The molecule has 0 radical (unpaired) electrons. The molecular formula is C5H11F2NOSi. The Kier molecular flexibility index (Phi) is 13.7. The summed E-state index contributed by atoms with van der Waals surface area (Å²) < 4.78 is 22.6. The zero-order chi connectivity index (χ0) is 8.41. The molecule has 0 bridgehead atoms. The van der Waals surface area contributed by atoms with Crippen LogP contribution in [0.3, 0.4) is 0 Å². The molecule has 0 aliphatic rings. The third-order valence-corrected chi connectivity index (χ3v) is 2.33.